The third kappa shape index (κ3) is 2.56. The highest BCUT2D eigenvalue weighted by molar-refractivity contribution is 5.95. The lowest BCUT2D eigenvalue weighted by Gasteiger charge is -2.08. The van der Waals surface area contributed by atoms with E-state index in [1.807, 2.05) is 42.5 Å². The molecule has 0 heterocycles. The van der Waals surface area contributed by atoms with E-state index in [2.05, 4.69) is 11.4 Å². The Kier molecular flexibility index (Phi) is 2.98. The van der Waals surface area contributed by atoms with Crippen molar-refractivity contribution in [2.75, 3.05) is 0 Å². The minimum absolute atomic E-state index is 0. The van der Waals surface area contributed by atoms with Crippen molar-refractivity contribution >= 4 is 5.91 Å². The van der Waals surface area contributed by atoms with Crippen LogP contribution in [0.15, 0.2) is 54.3 Å². The summed E-state index contributed by atoms with van der Waals surface area (Å²) in [6, 6.07) is 9.24. The zero-order valence-corrected chi connectivity index (χ0v) is 8.44. The Bertz CT molecular complexity index is 409. The molecule has 1 aliphatic rings. The predicted molar refractivity (Wildman–Crippen MR) is 62.5 cm³/mol. The van der Waals surface area contributed by atoms with Crippen LogP contribution in [0.3, 0.4) is 0 Å². The second-order valence-electron chi connectivity index (χ2n) is 3.46. The molecule has 0 aliphatic heterocycles. The molecule has 0 radical (unpaired) electrons. The van der Waals surface area contributed by atoms with Crippen LogP contribution in [-0.4, -0.2) is 5.91 Å². The maximum absolute atomic E-state index is 11.7. The van der Waals surface area contributed by atoms with Gasteiger partial charge in [-0.1, -0.05) is 30.4 Å². The molecule has 0 saturated carbocycles. The van der Waals surface area contributed by atoms with Crippen molar-refractivity contribution in [2.45, 2.75) is 12.8 Å². The molecule has 0 bridgehead atoms. The Morgan fingerprint density at radius 2 is 2.00 bits per heavy atom. The Morgan fingerprint density at radius 1 is 1.20 bits per heavy atom. The maximum atomic E-state index is 11.7. The average Bonchev–Trinajstić information content (AvgIpc) is 2.31. The summed E-state index contributed by atoms with van der Waals surface area (Å²) in [5.41, 5.74) is 1.59. The zero-order chi connectivity index (χ0) is 10.5. The number of benzene rings is 1. The molecular weight excluding hydrogens is 186 g/mol. The largest absolute Gasteiger partial charge is 0.322 e. The maximum Gasteiger partial charge on any atom is 0.255 e. The first kappa shape index (κ1) is 9.71. The van der Waals surface area contributed by atoms with Gasteiger partial charge < -0.3 is 5.32 Å². The quantitative estimate of drug-likeness (QED) is 0.783. The third-order valence-corrected chi connectivity index (χ3v) is 2.29. The highest BCUT2D eigenvalue weighted by Crippen LogP contribution is 2.08. The van der Waals surface area contributed by atoms with Crippen molar-refractivity contribution in [1.29, 1.82) is 0 Å². The molecule has 2 rings (SSSR count). The number of carbonyl (C=O) groups is 1. The summed E-state index contributed by atoms with van der Waals surface area (Å²) in [7, 11) is 0. The second-order valence-corrected chi connectivity index (χ2v) is 3.46. The summed E-state index contributed by atoms with van der Waals surface area (Å²) in [4.78, 5) is 11.7. The van der Waals surface area contributed by atoms with Crippen LogP contribution in [0.25, 0.3) is 0 Å². The summed E-state index contributed by atoms with van der Waals surface area (Å²) in [5.74, 6) is -0.0478. The lowest BCUT2D eigenvalue weighted by atomic mass is 10.1. The van der Waals surface area contributed by atoms with E-state index in [0.717, 1.165) is 18.5 Å². The molecule has 0 saturated heterocycles. The van der Waals surface area contributed by atoms with Gasteiger partial charge in [0.15, 0.2) is 0 Å². The fourth-order valence-electron chi connectivity index (χ4n) is 1.50. The van der Waals surface area contributed by atoms with Gasteiger partial charge in [-0.05, 0) is 31.1 Å². The Labute approximate surface area is 90.8 Å². The van der Waals surface area contributed by atoms with Gasteiger partial charge in [-0.3, -0.25) is 4.79 Å². The van der Waals surface area contributed by atoms with Crippen molar-refractivity contribution in [3.05, 3.63) is 59.8 Å². The van der Waals surface area contributed by atoms with Crippen molar-refractivity contribution < 1.29 is 6.22 Å². The summed E-state index contributed by atoms with van der Waals surface area (Å²) in [6.07, 6.45) is 8.12. The van der Waals surface area contributed by atoms with Crippen molar-refractivity contribution in [3.63, 3.8) is 0 Å². The molecule has 2 nitrogen and oxygen atoms in total. The topological polar surface area (TPSA) is 29.1 Å². The van der Waals surface area contributed by atoms with E-state index in [1.54, 1.807) is 0 Å². The molecule has 0 unspecified atom stereocenters. The van der Waals surface area contributed by atoms with Crippen molar-refractivity contribution in [1.82, 2.24) is 5.32 Å². The lowest BCUT2D eigenvalue weighted by molar-refractivity contribution is 0.0967. The minimum Gasteiger partial charge on any atom is -0.322 e. The van der Waals surface area contributed by atoms with E-state index in [-0.39, 0.29) is 7.33 Å². The summed E-state index contributed by atoms with van der Waals surface area (Å²) >= 11 is 0. The normalized spacial score (nSPS) is 14.5. The standard InChI is InChI=1S/C13H13NO.H2/c15-13(11-7-3-1-4-8-11)14-12-9-5-2-6-10-12;/h1,3-5,7-10H,2,6H2,(H,14,15);1H. The highest BCUT2D eigenvalue weighted by atomic mass is 16.1. The van der Waals surface area contributed by atoms with Gasteiger partial charge in [0.1, 0.15) is 0 Å². The average molecular weight is 201 g/mol. The monoisotopic (exact) mass is 201 g/mol. The fraction of sp³-hybridized carbons (Fsp3) is 0.154. The number of hydrogen-bond donors (Lipinski definition) is 1. The number of allylic oxidation sites excluding steroid dienone is 3. The number of amides is 1. The number of hydrogen-bond acceptors (Lipinski definition) is 1. The molecule has 1 aromatic carbocycles. The van der Waals surface area contributed by atoms with Crippen LogP contribution in [-0.2, 0) is 0 Å². The molecule has 0 aromatic heterocycles. The van der Waals surface area contributed by atoms with Gasteiger partial charge in [0, 0.05) is 12.7 Å². The van der Waals surface area contributed by atoms with Crippen molar-refractivity contribution in [3.8, 4) is 0 Å². The first-order valence-electron chi connectivity index (χ1n) is 5.09. The summed E-state index contributed by atoms with van der Waals surface area (Å²) in [6.45, 7) is 0. The lowest BCUT2D eigenvalue weighted by Crippen LogP contribution is -2.22. The van der Waals surface area contributed by atoms with Gasteiger partial charge in [-0.15, -0.1) is 0 Å². The zero-order valence-electron chi connectivity index (χ0n) is 8.44. The molecule has 1 aliphatic carbocycles. The van der Waals surface area contributed by atoms with Gasteiger partial charge in [0.2, 0.25) is 0 Å². The smallest absolute Gasteiger partial charge is 0.255 e. The molecular formula is C13H15NO. The van der Waals surface area contributed by atoms with Gasteiger partial charge >= 0.3 is 0 Å². The Hall–Kier alpha value is -1.83. The Morgan fingerprint density at radius 3 is 2.67 bits per heavy atom. The predicted octanol–water partition coefficient (Wildman–Crippen LogP) is 2.90. The molecule has 2 heteroatoms. The van der Waals surface area contributed by atoms with E-state index in [1.165, 1.54) is 0 Å². The third-order valence-electron chi connectivity index (χ3n) is 2.29. The molecule has 15 heavy (non-hydrogen) atoms. The highest BCUT2D eigenvalue weighted by Gasteiger charge is 2.05. The number of carbonyl (C=O) groups excluding carboxylic acids is 1. The van der Waals surface area contributed by atoms with E-state index in [0.29, 0.717) is 5.56 Å². The molecule has 1 N–H and O–H groups in total. The van der Waals surface area contributed by atoms with Gasteiger partial charge in [-0.25, -0.2) is 0 Å². The summed E-state index contributed by atoms with van der Waals surface area (Å²) < 4.78 is 0. The van der Waals surface area contributed by atoms with Gasteiger partial charge in [0.25, 0.3) is 5.91 Å². The minimum atomic E-state index is -0.0478. The molecule has 0 spiro atoms. The van der Waals surface area contributed by atoms with Gasteiger partial charge in [-0.2, -0.15) is 0 Å². The van der Waals surface area contributed by atoms with E-state index >= 15 is 0 Å². The Balaban J connectivity index is 0.00000128. The molecule has 1 aromatic rings. The van der Waals surface area contributed by atoms with Crippen LogP contribution < -0.4 is 5.32 Å². The van der Waals surface area contributed by atoms with Gasteiger partial charge in [0.05, 0.1) is 0 Å². The van der Waals surface area contributed by atoms with E-state index < -0.39 is 0 Å². The molecule has 0 fully saturated rings. The number of rotatable bonds is 2. The van der Waals surface area contributed by atoms with Crippen LogP contribution in [0.1, 0.15) is 24.6 Å². The van der Waals surface area contributed by atoms with Crippen LogP contribution >= 0.6 is 0 Å². The van der Waals surface area contributed by atoms with E-state index in [4.69, 9.17) is 0 Å². The van der Waals surface area contributed by atoms with Crippen LogP contribution in [0.2, 0.25) is 0 Å². The first-order chi connectivity index (χ1) is 7.36. The van der Waals surface area contributed by atoms with Crippen LogP contribution in [0, 0.1) is 0 Å². The SMILES string of the molecule is O=C(NC1=CCCC=C1)c1ccccc1.[HH]. The van der Waals surface area contributed by atoms with Crippen LogP contribution in [0.4, 0.5) is 0 Å². The first-order valence-corrected chi connectivity index (χ1v) is 5.09. The molecule has 0 atom stereocenters. The molecule has 78 valence electrons. The number of nitrogens with one attached hydrogen (secondary N) is 1. The van der Waals surface area contributed by atoms with Crippen LogP contribution in [0.5, 0.6) is 0 Å². The molecule has 1 amide bonds. The fourth-order valence-corrected chi connectivity index (χ4v) is 1.50. The summed E-state index contributed by atoms with van der Waals surface area (Å²) in [5, 5.41) is 2.87. The second kappa shape index (κ2) is 4.60. The van der Waals surface area contributed by atoms with Crippen molar-refractivity contribution in [2.24, 2.45) is 0 Å². The van der Waals surface area contributed by atoms with E-state index in [9.17, 15) is 4.79 Å².